The molecule has 15 heavy (non-hydrogen) atoms. The van der Waals surface area contributed by atoms with Crippen molar-refractivity contribution in [3.8, 4) is 0 Å². The number of carbonyl (C=O) groups excluding carboxylic acids is 2. The topological polar surface area (TPSA) is 34.1 Å². The van der Waals surface area contributed by atoms with Crippen molar-refractivity contribution in [2.45, 2.75) is 20.3 Å². The molecule has 0 N–H and O–H groups in total. The number of fused-ring (bicyclic) bond motifs is 1. The van der Waals surface area contributed by atoms with Gasteiger partial charge in [0.2, 0.25) is 11.6 Å². The van der Waals surface area contributed by atoms with Gasteiger partial charge >= 0.3 is 0 Å². The van der Waals surface area contributed by atoms with E-state index in [-0.39, 0.29) is 11.6 Å². The lowest BCUT2D eigenvalue weighted by Crippen LogP contribution is -2.21. The fraction of sp³-hybridized carbons (Fsp3) is 0.231. The van der Waals surface area contributed by atoms with E-state index in [0.29, 0.717) is 17.6 Å². The Balaban J connectivity index is 2.70. The molecule has 1 aromatic carbocycles. The molecule has 0 aromatic heterocycles. The molecule has 0 bridgehead atoms. The predicted molar refractivity (Wildman–Crippen MR) is 58.8 cm³/mol. The molecule has 1 aromatic rings. The minimum Gasteiger partial charge on any atom is -0.285 e. The first-order chi connectivity index (χ1) is 7.15. The number of carbonyl (C=O) groups is 2. The number of hydrogen-bond acceptors (Lipinski definition) is 2. The molecule has 0 spiro atoms. The summed E-state index contributed by atoms with van der Waals surface area (Å²) in [5.41, 5.74) is 3.09. The lowest BCUT2D eigenvalue weighted by Gasteiger charge is -2.14. The molecule has 0 amide bonds. The van der Waals surface area contributed by atoms with Gasteiger partial charge in [-0.3, -0.25) is 9.59 Å². The van der Waals surface area contributed by atoms with Gasteiger partial charge < -0.3 is 0 Å². The zero-order valence-electron chi connectivity index (χ0n) is 8.83. The number of Topliss-reactive ketones (excluding diaryl/α,β-unsaturated/α-hetero) is 2. The summed E-state index contributed by atoms with van der Waals surface area (Å²) in [6, 6.07) is 5.47. The van der Waals surface area contributed by atoms with Crippen LogP contribution in [-0.2, 0) is 4.79 Å². The molecule has 1 aliphatic rings. The summed E-state index contributed by atoms with van der Waals surface area (Å²) in [5, 5.41) is 0. The first-order valence-electron chi connectivity index (χ1n) is 5.04. The second-order valence-electron chi connectivity index (χ2n) is 3.72. The molecule has 0 atom stereocenters. The van der Waals surface area contributed by atoms with Crippen LogP contribution in [0.1, 0.15) is 34.8 Å². The minimum atomic E-state index is -0.368. The van der Waals surface area contributed by atoms with Crippen molar-refractivity contribution < 1.29 is 9.59 Å². The second kappa shape index (κ2) is 3.46. The van der Waals surface area contributed by atoms with Gasteiger partial charge in [-0.05, 0) is 30.5 Å². The van der Waals surface area contributed by atoms with E-state index in [1.165, 1.54) is 0 Å². The summed E-state index contributed by atoms with van der Waals surface area (Å²) in [5.74, 6) is -0.719. The Morgan fingerprint density at radius 2 is 1.87 bits per heavy atom. The largest absolute Gasteiger partial charge is 0.285 e. The monoisotopic (exact) mass is 200 g/mol. The Morgan fingerprint density at radius 1 is 1.13 bits per heavy atom. The van der Waals surface area contributed by atoms with Gasteiger partial charge in [0.25, 0.3) is 0 Å². The zero-order valence-corrected chi connectivity index (χ0v) is 8.83. The molecule has 0 aliphatic heterocycles. The molecule has 2 heteroatoms. The van der Waals surface area contributed by atoms with Crippen LogP contribution in [-0.4, -0.2) is 11.6 Å². The van der Waals surface area contributed by atoms with Gasteiger partial charge in [-0.25, -0.2) is 0 Å². The highest BCUT2D eigenvalue weighted by atomic mass is 16.2. The molecule has 0 saturated heterocycles. The molecule has 0 heterocycles. The lowest BCUT2D eigenvalue weighted by atomic mass is 9.87. The third-order valence-corrected chi connectivity index (χ3v) is 2.77. The van der Waals surface area contributed by atoms with Gasteiger partial charge in [0, 0.05) is 11.1 Å². The van der Waals surface area contributed by atoms with Crippen molar-refractivity contribution >= 4 is 17.6 Å². The maximum absolute atomic E-state index is 11.7. The van der Waals surface area contributed by atoms with Crippen molar-refractivity contribution in [1.29, 1.82) is 0 Å². The van der Waals surface area contributed by atoms with E-state index in [1.807, 2.05) is 32.1 Å². The van der Waals surface area contributed by atoms with Crippen molar-refractivity contribution in [3.05, 3.63) is 40.5 Å². The normalized spacial score (nSPS) is 14.9. The number of ketones is 2. The van der Waals surface area contributed by atoms with E-state index in [2.05, 4.69) is 0 Å². The smallest absolute Gasteiger partial charge is 0.233 e. The van der Waals surface area contributed by atoms with Crippen molar-refractivity contribution in [2.75, 3.05) is 0 Å². The van der Waals surface area contributed by atoms with Crippen LogP contribution in [0, 0.1) is 6.92 Å². The Hall–Kier alpha value is -1.70. The third-order valence-electron chi connectivity index (χ3n) is 2.77. The fourth-order valence-electron chi connectivity index (χ4n) is 1.84. The zero-order chi connectivity index (χ0) is 11.0. The number of benzene rings is 1. The van der Waals surface area contributed by atoms with E-state index in [4.69, 9.17) is 0 Å². The van der Waals surface area contributed by atoms with Gasteiger partial charge in [-0.1, -0.05) is 25.1 Å². The third kappa shape index (κ3) is 1.42. The quantitative estimate of drug-likeness (QED) is 0.653. The van der Waals surface area contributed by atoms with Crippen LogP contribution < -0.4 is 0 Å². The van der Waals surface area contributed by atoms with Crippen molar-refractivity contribution in [1.82, 2.24) is 0 Å². The molecule has 76 valence electrons. The molecule has 0 unspecified atom stereocenters. The van der Waals surface area contributed by atoms with Gasteiger partial charge in [0.05, 0.1) is 0 Å². The van der Waals surface area contributed by atoms with Crippen molar-refractivity contribution in [3.63, 3.8) is 0 Å². The van der Waals surface area contributed by atoms with Crippen LogP contribution in [0.25, 0.3) is 6.08 Å². The van der Waals surface area contributed by atoms with E-state index >= 15 is 0 Å². The number of allylic oxidation sites excluding steroid dienone is 1. The molecule has 0 saturated carbocycles. The highest BCUT2D eigenvalue weighted by Gasteiger charge is 2.26. The standard InChI is InChI=1S/C13H12O2/c1-3-9-7-11-8(2)5-4-6-10(11)13(15)12(9)14/h4-7H,3H2,1-2H3. The highest BCUT2D eigenvalue weighted by Crippen LogP contribution is 2.25. The SMILES string of the molecule is CCC1=Cc2c(C)cccc2C(=O)C1=O. The molecule has 2 rings (SSSR count). The Bertz CT molecular complexity index is 481. The van der Waals surface area contributed by atoms with Gasteiger partial charge in [0.15, 0.2) is 0 Å². The predicted octanol–water partition coefficient (Wildman–Crippen LogP) is 2.55. The summed E-state index contributed by atoms with van der Waals surface area (Å²) >= 11 is 0. The molecular formula is C13H12O2. The summed E-state index contributed by atoms with van der Waals surface area (Å²) in [6.07, 6.45) is 2.45. The van der Waals surface area contributed by atoms with E-state index < -0.39 is 0 Å². The molecule has 2 nitrogen and oxygen atoms in total. The highest BCUT2D eigenvalue weighted by molar-refractivity contribution is 6.51. The van der Waals surface area contributed by atoms with Gasteiger partial charge in [-0.2, -0.15) is 0 Å². The number of rotatable bonds is 1. The average Bonchev–Trinajstić information content (AvgIpc) is 2.24. The summed E-state index contributed by atoms with van der Waals surface area (Å²) in [7, 11) is 0. The Labute approximate surface area is 88.6 Å². The van der Waals surface area contributed by atoms with Crippen LogP contribution in [0.5, 0.6) is 0 Å². The Kier molecular flexibility index (Phi) is 2.27. The van der Waals surface area contributed by atoms with Crippen LogP contribution in [0.2, 0.25) is 0 Å². The average molecular weight is 200 g/mol. The number of aryl methyl sites for hydroxylation is 1. The van der Waals surface area contributed by atoms with Crippen LogP contribution in [0.4, 0.5) is 0 Å². The van der Waals surface area contributed by atoms with E-state index in [1.54, 1.807) is 6.07 Å². The molecule has 1 aliphatic carbocycles. The van der Waals surface area contributed by atoms with Gasteiger partial charge in [-0.15, -0.1) is 0 Å². The molecule has 0 radical (unpaired) electrons. The lowest BCUT2D eigenvalue weighted by molar-refractivity contribution is -0.111. The second-order valence-corrected chi connectivity index (χ2v) is 3.72. The number of hydrogen-bond donors (Lipinski definition) is 0. The minimum absolute atomic E-state index is 0.351. The summed E-state index contributed by atoms with van der Waals surface area (Å²) < 4.78 is 0. The van der Waals surface area contributed by atoms with Crippen LogP contribution in [0.3, 0.4) is 0 Å². The summed E-state index contributed by atoms with van der Waals surface area (Å²) in [4.78, 5) is 23.4. The van der Waals surface area contributed by atoms with Crippen LogP contribution in [0.15, 0.2) is 23.8 Å². The summed E-state index contributed by atoms with van der Waals surface area (Å²) in [6.45, 7) is 3.84. The molecular weight excluding hydrogens is 188 g/mol. The maximum atomic E-state index is 11.7. The fourth-order valence-corrected chi connectivity index (χ4v) is 1.84. The van der Waals surface area contributed by atoms with E-state index in [0.717, 1.165) is 11.1 Å². The first-order valence-corrected chi connectivity index (χ1v) is 5.04. The van der Waals surface area contributed by atoms with Crippen molar-refractivity contribution in [2.24, 2.45) is 0 Å². The Morgan fingerprint density at radius 3 is 2.53 bits per heavy atom. The van der Waals surface area contributed by atoms with Gasteiger partial charge in [0.1, 0.15) is 0 Å². The molecule has 0 fully saturated rings. The first kappa shape index (κ1) is 9.84. The van der Waals surface area contributed by atoms with Crippen LogP contribution >= 0.6 is 0 Å². The maximum Gasteiger partial charge on any atom is 0.233 e. The van der Waals surface area contributed by atoms with E-state index in [9.17, 15) is 9.59 Å².